The number of aryl methyl sites for hydroxylation is 1. The van der Waals surface area contributed by atoms with Gasteiger partial charge >= 0.3 is 5.97 Å². The minimum absolute atomic E-state index is 0.0356. The molecular formula is C30H32N2O4. The smallest absolute Gasteiger partial charge is 0.359 e. The summed E-state index contributed by atoms with van der Waals surface area (Å²) in [6.45, 7) is 4.09. The molecule has 0 fully saturated rings. The fraction of sp³-hybridized carbons (Fsp3) is 0.267. The number of carbonyl (C=O) groups is 2. The number of rotatable bonds is 9. The number of anilines is 2. The lowest BCUT2D eigenvalue weighted by atomic mass is 9.82. The van der Waals surface area contributed by atoms with Gasteiger partial charge in [-0.25, -0.2) is 4.79 Å². The number of nitrogens with zero attached hydrogens (tertiary/aromatic N) is 1. The number of cyclic esters (lactones) is 1. The Morgan fingerprint density at radius 3 is 2.22 bits per heavy atom. The number of esters is 1. The van der Waals surface area contributed by atoms with E-state index in [1.165, 1.54) is 6.92 Å². The van der Waals surface area contributed by atoms with Gasteiger partial charge in [0.1, 0.15) is 11.4 Å². The summed E-state index contributed by atoms with van der Waals surface area (Å²) < 4.78 is 6.23. The summed E-state index contributed by atoms with van der Waals surface area (Å²) in [5.41, 5.74) is 2.67. The zero-order valence-corrected chi connectivity index (χ0v) is 20.7. The number of hydrogen-bond donors (Lipinski definition) is 2. The average Bonchev–Trinajstić information content (AvgIpc) is 2.88. The van der Waals surface area contributed by atoms with Crippen molar-refractivity contribution >= 4 is 23.3 Å². The largest absolute Gasteiger partial charge is 0.510 e. The molecule has 3 aromatic carbocycles. The maximum atomic E-state index is 13.5. The molecule has 1 aliphatic heterocycles. The van der Waals surface area contributed by atoms with Crippen molar-refractivity contribution in [3.05, 3.63) is 108 Å². The van der Waals surface area contributed by atoms with Crippen LogP contribution in [0.25, 0.3) is 0 Å². The van der Waals surface area contributed by atoms with Crippen molar-refractivity contribution in [3.8, 4) is 0 Å². The van der Waals surface area contributed by atoms with Gasteiger partial charge < -0.3 is 20.1 Å². The van der Waals surface area contributed by atoms with E-state index < -0.39 is 11.6 Å². The number of ether oxygens (including phenoxy) is 1. The molecule has 0 spiro atoms. The topological polar surface area (TPSA) is 78.9 Å². The van der Waals surface area contributed by atoms with Gasteiger partial charge in [0.2, 0.25) is 5.91 Å². The van der Waals surface area contributed by atoms with E-state index in [1.807, 2.05) is 96.8 Å². The summed E-state index contributed by atoms with van der Waals surface area (Å²) in [6, 6.07) is 26.8. The lowest BCUT2D eigenvalue weighted by molar-refractivity contribution is -0.161. The molecule has 1 aliphatic rings. The van der Waals surface area contributed by atoms with Gasteiger partial charge in [0, 0.05) is 24.8 Å². The quantitative estimate of drug-likeness (QED) is 0.359. The Labute approximate surface area is 212 Å². The van der Waals surface area contributed by atoms with Gasteiger partial charge in [0.15, 0.2) is 5.70 Å². The number of benzene rings is 3. The van der Waals surface area contributed by atoms with Crippen molar-refractivity contribution < 1.29 is 19.4 Å². The second-order valence-corrected chi connectivity index (χ2v) is 9.09. The monoisotopic (exact) mass is 484 g/mol. The van der Waals surface area contributed by atoms with E-state index in [2.05, 4.69) is 5.32 Å². The van der Waals surface area contributed by atoms with Crippen molar-refractivity contribution in [2.45, 2.75) is 45.1 Å². The van der Waals surface area contributed by atoms with Gasteiger partial charge in [-0.2, -0.15) is 0 Å². The molecule has 2 N–H and O–H groups in total. The minimum atomic E-state index is -0.989. The van der Waals surface area contributed by atoms with E-state index in [-0.39, 0.29) is 23.8 Å². The van der Waals surface area contributed by atoms with Crippen LogP contribution in [0.1, 0.15) is 44.2 Å². The van der Waals surface area contributed by atoms with E-state index in [0.29, 0.717) is 19.4 Å². The molecule has 0 aromatic heterocycles. The summed E-state index contributed by atoms with van der Waals surface area (Å²) in [6.07, 6.45) is 2.12. The normalized spacial score (nSPS) is 17.4. The van der Waals surface area contributed by atoms with E-state index in [4.69, 9.17) is 4.74 Å². The van der Waals surface area contributed by atoms with Gasteiger partial charge in [-0.05, 0) is 54.7 Å². The highest BCUT2D eigenvalue weighted by Gasteiger charge is 2.44. The van der Waals surface area contributed by atoms with E-state index in [0.717, 1.165) is 28.9 Å². The lowest BCUT2D eigenvalue weighted by Crippen LogP contribution is -2.43. The first kappa shape index (κ1) is 25.0. The molecule has 0 bridgehead atoms. The number of nitrogens with one attached hydrogen (secondary N) is 1. The molecule has 0 saturated heterocycles. The van der Waals surface area contributed by atoms with E-state index in [1.54, 1.807) is 0 Å². The molecule has 1 atom stereocenters. The van der Waals surface area contributed by atoms with Crippen molar-refractivity contribution in [1.29, 1.82) is 0 Å². The Morgan fingerprint density at radius 1 is 1.00 bits per heavy atom. The first-order chi connectivity index (χ1) is 17.4. The molecule has 36 heavy (non-hydrogen) atoms. The predicted octanol–water partition coefficient (Wildman–Crippen LogP) is 6.11. The van der Waals surface area contributed by atoms with Gasteiger partial charge in [-0.3, -0.25) is 4.79 Å². The van der Waals surface area contributed by atoms with Gasteiger partial charge in [-0.15, -0.1) is 0 Å². The molecule has 1 unspecified atom stereocenters. The first-order valence-corrected chi connectivity index (χ1v) is 12.3. The fourth-order valence-corrected chi connectivity index (χ4v) is 4.69. The van der Waals surface area contributed by atoms with Crippen LogP contribution in [0.5, 0.6) is 0 Å². The van der Waals surface area contributed by atoms with Crippen molar-refractivity contribution in [2.24, 2.45) is 0 Å². The zero-order chi connectivity index (χ0) is 25.5. The predicted molar refractivity (Wildman–Crippen MR) is 142 cm³/mol. The van der Waals surface area contributed by atoms with Gasteiger partial charge in [0.05, 0.1) is 6.42 Å². The Kier molecular flexibility index (Phi) is 7.74. The zero-order valence-electron chi connectivity index (χ0n) is 20.7. The maximum Gasteiger partial charge on any atom is 0.359 e. The summed E-state index contributed by atoms with van der Waals surface area (Å²) in [7, 11) is 0. The second kappa shape index (κ2) is 11.1. The van der Waals surface area contributed by atoms with Crippen molar-refractivity contribution in [2.75, 3.05) is 16.8 Å². The third kappa shape index (κ3) is 5.60. The minimum Gasteiger partial charge on any atom is -0.510 e. The van der Waals surface area contributed by atoms with E-state index in [9.17, 15) is 14.7 Å². The van der Waals surface area contributed by atoms with Crippen LogP contribution in [-0.4, -0.2) is 23.5 Å². The van der Waals surface area contributed by atoms with E-state index >= 15 is 0 Å². The molecule has 186 valence electrons. The lowest BCUT2D eigenvalue weighted by Gasteiger charge is -2.40. The van der Waals surface area contributed by atoms with Crippen molar-refractivity contribution in [3.63, 3.8) is 0 Å². The van der Waals surface area contributed by atoms with Crippen LogP contribution in [0.3, 0.4) is 0 Å². The number of carbonyl (C=O) groups excluding carboxylic acids is 2. The number of aliphatic hydroxyl groups excluding tert-OH is 1. The molecule has 3 aromatic rings. The number of amides is 1. The summed E-state index contributed by atoms with van der Waals surface area (Å²) in [4.78, 5) is 26.7. The molecular weight excluding hydrogens is 452 g/mol. The van der Waals surface area contributed by atoms with Crippen LogP contribution in [0.4, 0.5) is 11.4 Å². The summed E-state index contributed by atoms with van der Waals surface area (Å²) in [5.74, 6) is -0.611. The van der Waals surface area contributed by atoms with Crippen LogP contribution in [0, 0.1) is 0 Å². The highest BCUT2D eigenvalue weighted by molar-refractivity contribution is 5.94. The second-order valence-electron chi connectivity index (χ2n) is 9.09. The first-order valence-electron chi connectivity index (χ1n) is 12.3. The summed E-state index contributed by atoms with van der Waals surface area (Å²) >= 11 is 0. The molecule has 1 heterocycles. The Hall–Kier alpha value is -4.06. The third-order valence-electron chi connectivity index (χ3n) is 6.38. The van der Waals surface area contributed by atoms with Crippen LogP contribution >= 0.6 is 0 Å². The van der Waals surface area contributed by atoms with Crippen LogP contribution in [-0.2, 0) is 26.3 Å². The van der Waals surface area contributed by atoms with Crippen LogP contribution in [0.15, 0.2) is 96.4 Å². The number of hydrogen-bond acceptors (Lipinski definition) is 5. The highest BCUT2D eigenvalue weighted by atomic mass is 16.6. The molecule has 6 nitrogen and oxygen atoms in total. The average molecular weight is 485 g/mol. The molecule has 0 saturated carbocycles. The standard InChI is InChI=1S/C30H32N2O4/c1-3-20-32(26-12-8-5-9-13-26)28-27(34)21-30(36-29(28)35,24-10-6-4-7-11-24)19-18-23-14-16-25(17-15-23)31-22(2)33/h4-17,34H,3,18-21H2,1-2H3,(H,31,33). The molecule has 1 amide bonds. The molecule has 6 heteroatoms. The molecule has 4 rings (SSSR count). The molecule has 0 radical (unpaired) electrons. The van der Waals surface area contributed by atoms with Crippen LogP contribution < -0.4 is 10.2 Å². The Morgan fingerprint density at radius 2 is 1.64 bits per heavy atom. The highest BCUT2D eigenvalue weighted by Crippen LogP contribution is 2.42. The number of aliphatic hydroxyl groups is 1. The van der Waals surface area contributed by atoms with Crippen LogP contribution in [0.2, 0.25) is 0 Å². The molecule has 0 aliphatic carbocycles. The SMILES string of the molecule is CCCN(C1=C(O)CC(CCc2ccc(NC(C)=O)cc2)(c2ccccc2)OC1=O)c1ccccc1. The maximum absolute atomic E-state index is 13.5. The summed E-state index contributed by atoms with van der Waals surface area (Å²) in [5, 5.41) is 14.1. The Balaban J connectivity index is 1.65. The third-order valence-corrected chi connectivity index (χ3v) is 6.38. The van der Waals surface area contributed by atoms with Gasteiger partial charge in [-0.1, -0.05) is 67.6 Å². The van der Waals surface area contributed by atoms with Gasteiger partial charge in [0.25, 0.3) is 0 Å². The Bertz CT molecular complexity index is 1220. The number of para-hydroxylation sites is 1. The van der Waals surface area contributed by atoms with Crippen molar-refractivity contribution in [1.82, 2.24) is 0 Å². The fourth-order valence-electron chi connectivity index (χ4n) is 4.69.